The molecule has 0 unspecified atom stereocenters. The predicted octanol–water partition coefficient (Wildman–Crippen LogP) is 5.11. The summed E-state index contributed by atoms with van der Waals surface area (Å²) in [6, 6.07) is 10.4. The monoisotopic (exact) mass is 450 g/mol. The fraction of sp³-hybridized carbons (Fsp3) is 0.348. The highest BCUT2D eigenvalue weighted by Gasteiger charge is 2.34. The van der Waals surface area contributed by atoms with Crippen molar-refractivity contribution < 1.29 is 32.4 Å². The standard InChI is InChI=1S/C23H25F3N2O4/c1-14(2)20(17-10-6-7-12-19(17)23(24,25)26)28-32-13-18-15(3)9-8-11-16(18)21(27-31-5)22(29)30-4/h6-12,14H,13H2,1-5H3/b27-21+,28-20+. The Morgan fingerprint density at radius 2 is 1.66 bits per heavy atom. The van der Waals surface area contributed by atoms with Gasteiger partial charge in [0, 0.05) is 16.7 Å². The Bertz CT molecular complexity index is 1010. The summed E-state index contributed by atoms with van der Waals surface area (Å²) >= 11 is 0. The van der Waals surface area contributed by atoms with Crippen LogP contribution in [0.2, 0.25) is 0 Å². The Morgan fingerprint density at radius 1 is 1.00 bits per heavy atom. The number of methoxy groups -OCH3 is 1. The van der Waals surface area contributed by atoms with Gasteiger partial charge in [0.15, 0.2) is 5.71 Å². The summed E-state index contributed by atoms with van der Waals surface area (Å²) in [5.74, 6) is -1.04. The molecule has 0 bridgehead atoms. The Labute approximate surface area is 184 Å². The topological polar surface area (TPSA) is 69.5 Å². The lowest BCUT2D eigenvalue weighted by molar-refractivity contribution is -0.137. The average Bonchev–Trinajstić information content (AvgIpc) is 2.74. The lowest BCUT2D eigenvalue weighted by Crippen LogP contribution is -2.20. The molecule has 172 valence electrons. The molecule has 0 aliphatic rings. The fourth-order valence-electron chi connectivity index (χ4n) is 3.09. The van der Waals surface area contributed by atoms with E-state index in [9.17, 15) is 18.0 Å². The zero-order valence-electron chi connectivity index (χ0n) is 18.5. The normalized spacial score (nSPS) is 12.7. The number of halogens is 3. The third kappa shape index (κ3) is 5.87. The first-order valence-electron chi connectivity index (χ1n) is 9.76. The smallest absolute Gasteiger partial charge is 0.417 e. The molecule has 6 nitrogen and oxygen atoms in total. The van der Waals surface area contributed by atoms with Crippen molar-refractivity contribution in [1.29, 1.82) is 0 Å². The van der Waals surface area contributed by atoms with Crippen LogP contribution in [-0.2, 0) is 32.0 Å². The zero-order chi connectivity index (χ0) is 23.9. The van der Waals surface area contributed by atoms with Gasteiger partial charge in [-0.3, -0.25) is 0 Å². The maximum Gasteiger partial charge on any atom is 0.417 e. The SMILES string of the molecule is CO/N=C(/C(=O)OC)c1cccc(C)c1CO/N=C(/c1ccccc1C(F)(F)F)C(C)C. The van der Waals surface area contributed by atoms with E-state index in [0.29, 0.717) is 11.1 Å². The molecule has 0 saturated carbocycles. The van der Waals surface area contributed by atoms with Crippen molar-refractivity contribution >= 4 is 17.4 Å². The van der Waals surface area contributed by atoms with E-state index in [1.165, 1.54) is 32.4 Å². The maximum absolute atomic E-state index is 13.5. The number of carbonyl (C=O) groups excluding carboxylic acids is 1. The van der Waals surface area contributed by atoms with E-state index in [-0.39, 0.29) is 29.5 Å². The second kappa shape index (κ2) is 10.8. The van der Waals surface area contributed by atoms with Crippen molar-refractivity contribution in [2.45, 2.75) is 33.6 Å². The molecule has 0 radical (unpaired) electrons. The number of ether oxygens (including phenoxy) is 1. The van der Waals surface area contributed by atoms with E-state index in [2.05, 4.69) is 10.3 Å². The van der Waals surface area contributed by atoms with Crippen molar-refractivity contribution in [2.75, 3.05) is 14.2 Å². The summed E-state index contributed by atoms with van der Waals surface area (Å²) in [6.45, 7) is 5.16. The number of hydrogen-bond donors (Lipinski definition) is 0. The Kier molecular flexibility index (Phi) is 8.40. The summed E-state index contributed by atoms with van der Waals surface area (Å²) in [4.78, 5) is 22.4. The van der Waals surface area contributed by atoms with Gasteiger partial charge < -0.3 is 14.4 Å². The van der Waals surface area contributed by atoms with Gasteiger partial charge in [0.25, 0.3) is 0 Å². The number of hydrogen-bond acceptors (Lipinski definition) is 6. The van der Waals surface area contributed by atoms with Crippen LogP contribution in [0.5, 0.6) is 0 Å². The maximum atomic E-state index is 13.5. The summed E-state index contributed by atoms with van der Waals surface area (Å²) < 4.78 is 45.2. The number of rotatable bonds is 8. The van der Waals surface area contributed by atoms with Crippen LogP contribution >= 0.6 is 0 Å². The summed E-state index contributed by atoms with van der Waals surface area (Å²) in [6.07, 6.45) is -4.53. The molecule has 9 heteroatoms. The number of aryl methyl sites for hydroxylation is 1. The van der Waals surface area contributed by atoms with Crippen molar-refractivity contribution in [2.24, 2.45) is 16.2 Å². The largest absolute Gasteiger partial charge is 0.464 e. The van der Waals surface area contributed by atoms with E-state index >= 15 is 0 Å². The number of esters is 1. The van der Waals surface area contributed by atoms with Gasteiger partial charge in [-0.2, -0.15) is 13.2 Å². The van der Waals surface area contributed by atoms with Crippen LogP contribution in [0.3, 0.4) is 0 Å². The third-order valence-electron chi connectivity index (χ3n) is 4.65. The van der Waals surface area contributed by atoms with E-state index in [0.717, 1.165) is 11.6 Å². The first-order chi connectivity index (χ1) is 15.1. The van der Waals surface area contributed by atoms with Gasteiger partial charge in [0.2, 0.25) is 0 Å². The zero-order valence-corrected chi connectivity index (χ0v) is 18.5. The number of carbonyl (C=O) groups is 1. The van der Waals surface area contributed by atoms with Gasteiger partial charge in [0.1, 0.15) is 13.7 Å². The molecule has 0 saturated heterocycles. The third-order valence-corrected chi connectivity index (χ3v) is 4.65. The Morgan fingerprint density at radius 3 is 2.25 bits per heavy atom. The Balaban J connectivity index is 2.44. The molecule has 0 amide bonds. The van der Waals surface area contributed by atoms with Crippen molar-refractivity contribution in [3.63, 3.8) is 0 Å². The summed E-state index contributed by atoms with van der Waals surface area (Å²) in [5.41, 5.74) is 1.02. The minimum absolute atomic E-state index is 0.0452. The van der Waals surface area contributed by atoms with Gasteiger partial charge in [-0.25, -0.2) is 4.79 Å². The lowest BCUT2D eigenvalue weighted by atomic mass is 9.95. The predicted molar refractivity (Wildman–Crippen MR) is 114 cm³/mol. The van der Waals surface area contributed by atoms with Crippen LogP contribution in [0.15, 0.2) is 52.8 Å². The van der Waals surface area contributed by atoms with Gasteiger partial charge >= 0.3 is 12.1 Å². The average molecular weight is 450 g/mol. The van der Waals surface area contributed by atoms with E-state index < -0.39 is 17.7 Å². The highest BCUT2D eigenvalue weighted by molar-refractivity contribution is 6.43. The fourth-order valence-corrected chi connectivity index (χ4v) is 3.09. The van der Waals surface area contributed by atoms with Gasteiger partial charge in [-0.05, 0) is 24.5 Å². The number of benzene rings is 2. The molecule has 0 aliphatic carbocycles. The molecule has 32 heavy (non-hydrogen) atoms. The van der Waals surface area contributed by atoms with Crippen LogP contribution in [0.1, 0.15) is 41.7 Å². The molecule has 0 spiro atoms. The summed E-state index contributed by atoms with van der Waals surface area (Å²) in [7, 11) is 2.52. The summed E-state index contributed by atoms with van der Waals surface area (Å²) in [5, 5.41) is 7.80. The van der Waals surface area contributed by atoms with E-state index in [1.54, 1.807) is 39.0 Å². The van der Waals surface area contributed by atoms with Crippen LogP contribution in [0, 0.1) is 12.8 Å². The number of nitrogens with zero attached hydrogens (tertiary/aromatic N) is 2. The molecular weight excluding hydrogens is 425 g/mol. The van der Waals surface area contributed by atoms with Crippen LogP contribution in [-0.4, -0.2) is 31.6 Å². The molecule has 2 aromatic rings. The molecule has 2 aromatic carbocycles. The van der Waals surface area contributed by atoms with Crippen LogP contribution < -0.4 is 0 Å². The van der Waals surface area contributed by atoms with Crippen molar-refractivity contribution in [3.05, 3.63) is 70.3 Å². The van der Waals surface area contributed by atoms with E-state index in [1.807, 2.05) is 0 Å². The quantitative estimate of drug-likeness (QED) is 0.318. The number of alkyl halides is 3. The highest BCUT2D eigenvalue weighted by atomic mass is 19.4. The first-order valence-corrected chi connectivity index (χ1v) is 9.76. The van der Waals surface area contributed by atoms with Gasteiger partial charge in [-0.15, -0.1) is 0 Å². The van der Waals surface area contributed by atoms with E-state index in [4.69, 9.17) is 14.4 Å². The van der Waals surface area contributed by atoms with Gasteiger partial charge in [-0.1, -0.05) is 60.6 Å². The minimum Gasteiger partial charge on any atom is -0.464 e. The van der Waals surface area contributed by atoms with Crippen molar-refractivity contribution in [3.8, 4) is 0 Å². The molecule has 0 aromatic heterocycles. The molecular formula is C23H25F3N2O4. The highest BCUT2D eigenvalue weighted by Crippen LogP contribution is 2.33. The first kappa shape index (κ1) is 24.9. The molecule has 0 fully saturated rings. The molecule has 0 aliphatic heterocycles. The van der Waals surface area contributed by atoms with Crippen molar-refractivity contribution in [1.82, 2.24) is 0 Å². The number of oxime groups is 2. The molecule has 0 heterocycles. The Hall–Kier alpha value is -3.36. The minimum atomic E-state index is -4.53. The van der Waals surface area contributed by atoms with Gasteiger partial charge in [0.05, 0.1) is 18.4 Å². The van der Waals surface area contributed by atoms with Crippen LogP contribution in [0.4, 0.5) is 13.2 Å². The lowest BCUT2D eigenvalue weighted by Gasteiger charge is -2.17. The second-order valence-electron chi connectivity index (χ2n) is 7.16. The molecule has 2 rings (SSSR count). The second-order valence-corrected chi connectivity index (χ2v) is 7.16. The van der Waals surface area contributed by atoms with Crippen LogP contribution in [0.25, 0.3) is 0 Å². The molecule has 0 N–H and O–H groups in total. The molecule has 0 atom stereocenters.